The van der Waals surface area contributed by atoms with Gasteiger partial charge in [-0.05, 0) is 39.0 Å². The number of hydrogen-bond acceptors (Lipinski definition) is 5. The summed E-state index contributed by atoms with van der Waals surface area (Å²) in [5.41, 5.74) is 0.474. The van der Waals surface area contributed by atoms with Crippen LogP contribution in [-0.4, -0.2) is 27.6 Å². The summed E-state index contributed by atoms with van der Waals surface area (Å²) in [7, 11) is 0. The van der Waals surface area contributed by atoms with Crippen LogP contribution in [0.5, 0.6) is 0 Å². The van der Waals surface area contributed by atoms with Crippen molar-refractivity contribution in [2.45, 2.75) is 26.4 Å². The summed E-state index contributed by atoms with van der Waals surface area (Å²) in [6.07, 6.45) is 2.44. The lowest BCUT2D eigenvalue weighted by Gasteiger charge is -2.19. The molecule has 1 heterocycles. The van der Waals surface area contributed by atoms with Gasteiger partial charge in [0.2, 0.25) is 6.08 Å². The highest BCUT2D eigenvalue weighted by molar-refractivity contribution is 5.89. The van der Waals surface area contributed by atoms with E-state index in [-0.39, 0.29) is 0 Å². The predicted octanol–water partition coefficient (Wildman–Crippen LogP) is 2.79. The Hall–Kier alpha value is -2.46. The van der Waals surface area contributed by atoms with E-state index < -0.39 is 11.7 Å². The summed E-state index contributed by atoms with van der Waals surface area (Å²) in [5.74, 6) is 0. The fraction of sp³-hybridized carbons (Fsp3) is 0.308. The van der Waals surface area contributed by atoms with Crippen LogP contribution in [0.2, 0.25) is 0 Å². The zero-order valence-corrected chi connectivity index (χ0v) is 10.9. The summed E-state index contributed by atoms with van der Waals surface area (Å²) in [4.78, 5) is 25.6. The van der Waals surface area contributed by atoms with Gasteiger partial charge in [0.25, 0.3) is 0 Å². The number of carbonyl (C=O) groups excluding carboxylic acids is 2. The molecule has 0 saturated carbocycles. The number of aliphatic imine (C=N–C) groups is 1. The number of hydrogen-bond donors (Lipinski definition) is 0. The fourth-order valence-corrected chi connectivity index (χ4v) is 1.59. The molecule has 0 aliphatic rings. The summed E-state index contributed by atoms with van der Waals surface area (Å²) >= 11 is 0. The van der Waals surface area contributed by atoms with Crippen LogP contribution in [0.15, 0.2) is 29.4 Å². The van der Waals surface area contributed by atoms with Crippen molar-refractivity contribution in [2.24, 2.45) is 4.99 Å². The van der Waals surface area contributed by atoms with Gasteiger partial charge in [-0.3, -0.25) is 0 Å². The molecule has 1 aromatic carbocycles. The topological polar surface area (TPSA) is 73.6 Å². The molecule has 19 heavy (non-hydrogen) atoms. The summed E-state index contributed by atoms with van der Waals surface area (Å²) < 4.78 is 6.42. The molecule has 0 spiro atoms. The van der Waals surface area contributed by atoms with Crippen molar-refractivity contribution in [3.05, 3.63) is 24.4 Å². The lowest BCUT2D eigenvalue weighted by molar-refractivity contribution is 0.0523. The van der Waals surface area contributed by atoms with Crippen molar-refractivity contribution in [3.63, 3.8) is 0 Å². The number of ether oxygens (including phenoxy) is 1. The van der Waals surface area contributed by atoms with Gasteiger partial charge in [-0.1, -0.05) is 0 Å². The molecule has 98 valence electrons. The standard InChI is InChI=1S/C13H13N3O3/c1-13(2,3)19-12(18)16-11-5-4-10(14-8-17)6-9(11)7-15-16/h4-7H,1-3H3. The van der Waals surface area contributed by atoms with Crippen LogP contribution in [0.3, 0.4) is 0 Å². The number of carbonyl (C=O) groups is 1. The van der Waals surface area contributed by atoms with Crippen molar-refractivity contribution >= 4 is 28.8 Å². The van der Waals surface area contributed by atoms with E-state index in [0.29, 0.717) is 16.6 Å². The molecule has 2 aromatic rings. The predicted molar refractivity (Wildman–Crippen MR) is 69.1 cm³/mol. The Morgan fingerprint density at radius 2 is 2.16 bits per heavy atom. The number of fused-ring (bicyclic) bond motifs is 1. The van der Waals surface area contributed by atoms with E-state index in [9.17, 15) is 9.59 Å². The van der Waals surface area contributed by atoms with Crippen LogP contribution in [0, 0.1) is 0 Å². The van der Waals surface area contributed by atoms with E-state index in [2.05, 4.69) is 10.1 Å². The Bertz CT molecular complexity index is 676. The normalized spacial score (nSPS) is 11.1. The molecule has 0 aliphatic carbocycles. The minimum Gasteiger partial charge on any atom is -0.442 e. The molecule has 0 fully saturated rings. The number of isocyanates is 1. The lowest BCUT2D eigenvalue weighted by Crippen LogP contribution is -2.27. The Labute approximate surface area is 109 Å². The number of benzene rings is 1. The summed E-state index contributed by atoms with van der Waals surface area (Å²) in [5, 5.41) is 4.68. The molecular formula is C13H13N3O3. The molecule has 6 heteroatoms. The molecule has 0 aliphatic heterocycles. The van der Waals surface area contributed by atoms with Gasteiger partial charge in [-0.2, -0.15) is 14.8 Å². The summed E-state index contributed by atoms with van der Waals surface area (Å²) in [6.45, 7) is 5.36. The SMILES string of the molecule is CC(C)(C)OC(=O)n1ncc2cc(N=C=O)ccc21. The molecule has 0 N–H and O–H groups in total. The average molecular weight is 259 g/mol. The first-order valence-electron chi connectivity index (χ1n) is 5.70. The van der Waals surface area contributed by atoms with Crippen LogP contribution >= 0.6 is 0 Å². The van der Waals surface area contributed by atoms with Gasteiger partial charge in [0.1, 0.15) is 5.60 Å². The molecule has 1 aromatic heterocycles. The maximum atomic E-state index is 11.9. The molecule has 0 atom stereocenters. The minimum absolute atomic E-state index is 0.464. The van der Waals surface area contributed by atoms with Crippen LogP contribution in [0.25, 0.3) is 10.9 Å². The smallest absolute Gasteiger partial charge is 0.435 e. The van der Waals surface area contributed by atoms with Crippen LogP contribution in [0.1, 0.15) is 20.8 Å². The first-order chi connectivity index (χ1) is 8.90. The largest absolute Gasteiger partial charge is 0.442 e. The second-order valence-electron chi connectivity index (χ2n) is 4.98. The van der Waals surface area contributed by atoms with Crippen molar-refractivity contribution in [1.29, 1.82) is 0 Å². The van der Waals surface area contributed by atoms with Gasteiger partial charge in [-0.25, -0.2) is 9.59 Å². The highest BCUT2D eigenvalue weighted by atomic mass is 16.6. The molecule has 0 bridgehead atoms. The number of rotatable bonds is 1. The van der Waals surface area contributed by atoms with E-state index in [1.165, 1.54) is 17.0 Å². The summed E-state index contributed by atoms with van der Waals surface area (Å²) in [6, 6.07) is 4.91. The second kappa shape index (κ2) is 4.66. The van der Waals surface area contributed by atoms with Gasteiger partial charge in [0.05, 0.1) is 17.4 Å². The monoisotopic (exact) mass is 259 g/mol. The lowest BCUT2D eigenvalue weighted by atomic mass is 10.2. The Kier molecular flexibility index (Phi) is 3.19. The molecule has 0 amide bonds. The number of nitrogens with zero attached hydrogens (tertiary/aromatic N) is 3. The molecule has 0 unspecified atom stereocenters. The van der Waals surface area contributed by atoms with E-state index in [1.807, 2.05) is 0 Å². The zero-order valence-electron chi connectivity index (χ0n) is 10.9. The van der Waals surface area contributed by atoms with Gasteiger partial charge < -0.3 is 4.74 Å². The number of aromatic nitrogens is 2. The van der Waals surface area contributed by atoms with Gasteiger partial charge >= 0.3 is 6.09 Å². The molecule has 0 saturated heterocycles. The van der Waals surface area contributed by atoms with Crippen LogP contribution in [-0.2, 0) is 9.53 Å². The van der Waals surface area contributed by atoms with E-state index in [1.54, 1.807) is 39.0 Å². The third kappa shape index (κ3) is 2.86. The van der Waals surface area contributed by atoms with Crippen molar-refractivity contribution in [1.82, 2.24) is 9.78 Å². The quantitative estimate of drug-likeness (QED) is 0.583. The highest BCUT2D eigenvalue weighted by Crippen LogP contribution is 2.21. The highest BCUT2D eigenvalue weighted by Gasteiger charge is 2.19. The zero-order chi connectivity index (χ0) is 14.0. The van der Waals surface area contributed by atoms with Crippen molar-refractivity contribution < 1.29 is 14.3 Å². The molecule has 6 nitrogen and oxygen atoms in total. The fourth-order valence-electron chi connectivity index (χ4n) is 1.59. The third-order valence-corrected chi connectivity index (χ3v) is 2.29. The Balaban J connectivity index is 2.41. The molecule has 2 rings (SSSR count). The average Bonchev–Trinajstić information content (AvgIpc) is 2.70. The van der Waals surface area contributed by atoms with Gasteiger partial charge in [0.15, 0.2) is 0 Å². The maximum Gasteiger partial charge on any atom is 0.435 e. The van der Waals surface area contributed by atoms with E-state index >= 15 is 0 Å². The van der Waals surface area contributed by atoms with Crippen LogP contribution in [0.4, 0.5) is 10.5 Å². The first kappa shape index (κ1) is 13.0. The molecular weight excluding hydrogens is 246 g/mol. The van der Waals surface area contributed by atoms with Gasteiger partial charge in [-0.15, -0.1) is 0 Å². The maximum absolute atomic E-state index is 11.9. The molecule has 0 radical (unpaired) electrons. The van der Waals surface area contributed by atoms with Gasteiger partial charge in [0, 0.05) is 5.39 Å². The van der Waals surface area contributed by atoms with E-state index in [0.717, 1.165) is 0 Å². The van der Waals surface area contributed by atoms with Crippen LogP contribution < -0.4 is 0 Å². The van der Waals surface area contributed by atoms with E-state index in [4.69, 9.17) is 4.74 Å². The Morgan fingerprint density at radius 3 is 2.79 bits per heavy atom. The minimum atomic E-state index is -0.586. The van der Waals surface area contributed by atoms with Crippen molar-refractivity contribution in [3.8, 4) is 0 Å². The van der Waals surface area contributed by atoms with Crippen molar-refractivity contribution in [2.75, 3.05) is 0 Å². The second-order valence-corrected chi connectivity index (χ2v) is 4.98. The first-order valence-corrected chi connectivity index (χ1v) is 5.70. The Morgan fingerprint density at radius 1 is 1.42 bits per heavy atom. The third-order valence-electron chi connectivity index (χ3n) is 2.29.